The molecule has 3 rings (SSSR count). The first-order valence-corrected chi connectivity index (χ1v) is 7.80. The Morgan fingerprint density at radius 1 is 1.50 bits per heavy atom. The van der Waals surface area contributed by atoms with Gasteiger partial charge < -0.3 is 4.57 Å². The Balaban J connectivity index is 1.71. The predicted octanol–water partition coefficient (Wildman–Crippen LogP) is 2.85. The number of aromatic nitrogens is 2. The molecular formula is C15H19N3OS. The number of carbonyl (C=O) groups is 1. The smallest absolute Gasteiger partial charge is 0.169 e. The molecule has 0 radical (unpaired) electrons. The second kappa shape index (κ2) is 5.50. The summed E-state index contributed by atoms with van der Waals surface area (Å²) in [6.07, 6.45) is 6.37. The Bertz CT molecular complexity index is 612. The summed E-state index contributed by atoms with van der Waals surface area (Å²) in [6, 6.07) is 2.70. The van der Waals surface area contributed by atoms with Gasteiger partial charge in [0.2, 0.25) is 0 Å². The molecule has 2 heterocycles. The summed E-state index contributed by atoms with van der Waals surface area (Å²) in [7, 11) is 2.03. The SMILES string of the molecule is CC(=O)c1cc(CN(Cc2nccn2C)C2CC2)cs1. The van der Waals surface area contributed by atoms with Gasteiger partial charge in [0, 0.05) is 32.0 Å². The number of carbonyl (C=O) groups excluding carboxylic acids is 1. The summed E-state index contributed by atoms with van der Waals surface area (Å²) in [6.45, 7) is 3.41. The van der Waals surface area contributed by atoms with Crippen molar-refractivity contribution in [1.82, 2.24) is 14.5 Å². The third-order valence-electron chi connectivity index (χ3n) is 3.72. The minimum Gasteiger partial charge on any atom is -0.337 e. The molecule has 1 saturated carbocycles. The van der Waals surface area contributed by atoms with Crippen molar-refractivity contribution in [1.29, 1.82) is 0 Å². The first kappa shape index (κ1) is 13.5. The van der Waals surface area contributed by atoms with E-state index in [1.165, 1.54) is 18.4 Å². The molecule has 0 bridgehead atoms. The number of hydrogen-bond acceptors (Lipinski definition) is 4. The van der Waals surface area contributed by atoms with Crippen LogP contribution in [0.2, 0.25) is 0 Å². The van der Waals surface area contributed by atoms with Crippen LogP contribution in [0.25, 0.3) is 0 Å². The van der Waals surface area contributed by atoms with Crippen LogP contribution in [0.5, 0.6) is 0 Å². The van der Waals surface area contributed by atoms with E-state index in [1.54, 1.807) is 18.3 Å². The van der Waals surface area contributed by atoms with Crippen LogP contribution in [-0.4, -0.2) is 26.3 Å². The van der Waals surface area contributed by atoms with Gasteiger partial charge in [-0.3, -0.25) is 9.69 Å². The van der Waals surface area contributed by atoms with Crippen molar-refractivity contribution in [3.05, 3.63) is 40.1 Å². The lowest BCUT2D eigenvalue weighted by Gasteiger charge is -2.21. The molecule has 1 fully saturated rings. The summed E-state index contributed by atoms with van der Waals surface area (Å²) < 4.78 is 2.07. The molecule has 5 heteroatoms. The highest BCUT2D eigenvalue weighted by Crippen LogP contribution is 2.30. The lowest BCUT2D eigenvalue weighted by atomic mass is 10.2. The second-order valence-electron chi connectivity index (χ2n) is 5.47. The topological polar surface area (TPSA) is 38.1 Å². The molecule has 0 unspecified atom stereocenters. The quantitative estimate of drug-likeness (QED) is 0.768. The lowest BCUT2D eigenvalue weighted by molar-refractivity contribution is 0.102. The standard InChI is InChI=1S/C15H19N3OS/c1-11(19)14-7-12(10-20-14)8-18(13-3-4-13)9-15-16-5-6-17(15)2/h5-7,10,13H,3-4,8-9H2,1-2H3. The summed E-state index contributed by atoms with van der Waals surface area (Å²) in [4.78, 5) is 19.1. The van der Waals surface area contributed by atoms with Gasteiger partial charge in [0.15, 0.2) is 5.78 Å². The van der Waals surface area contributed by atoms with Crippen molar-refractivity contribution < 1.29 is 4.79 Å². The fraction of sp³-hybridized carbons (Fsp3) is 0.467. The van der Waals surface area contributed by atoms with Gasteiger partial charge in [-0.2, -0.15) is 0 Å². The van der Waals surface area contributed by atoms with E-state index in [-0.39, 0.29) is 5.78 Å². The summed E-state index contributed by atoms with van der Waals surface area (Å²) in [5.41, 5.74) is 1.24. The minimum absolute atomic E-state index is 0.156. The molecule has 1 aliphatic carbocycles. The van der Waals surface area contributed by atoms with Crippen LogP contribution in [-0.2, 0) is 20.1 Å². The number of rotatable bonds is 6. The maximum absolute atomic E-state index is 11.4. The number of nitrogens with zero attached hydrogens (tertiary/aromatic N) is 3. The van der Waals surface area contributed by atoms with Crippen LogP contribution in [0.1, 0.15) is 40.8 Å². The van der Waals surface area contributed by atoms with Crippen LogP contribution in [0.15, 0.2) is 23.8 Å². The normalized spacial score (nSPS) is 14.9. The van der Waals surface area contributed by atoms with Gasteiger partial charge in [-0.1, -0.05) is 0 Å². The Labute approximate surface area is 123 Å². The Hall–Kier alpha value is -1.46. The molecule has 0 amide bonds. The van der Waals surface area contributed by atoms with Gasteiger partial charge in [-0.05, 0) is 36.8 Å². The van der Waals surface area contributed by atoms with E-state index in [0.29, 0.717) is 6.04 Å². The average Bonchev–Trinajstić information content (AvgIpc) is 3.02. The second-order valence-corrected chi connectivity index (χ2v) is 6.38. The maximum Gasteiger partial charge on any atom is 0.169 e. The number of aryl methyl sites for hydroxylation is 1. The van der Waals surface area contributed by atoms with Gasteiger partial charge >= 0.3 is 0 Å². The third kappa shape index (κ3) is 2.99. The first-order chi connectivity index (χ1) is 9.63. The third-order valence-corrected chi connectivity index (χ3v) is 4.80. The van der Waals surface area contributed by atoms with E-state index < -0.39 is 0 Å². The Kier molecular flexibility index (Phi) is 3.72. The van der Waals surface area contributed by atoms with Crippen LogP contribution >= 0.6 is 11.3 Å². The molecule has 4 nitrogen and oxygen atoms in total. The van der Waals surface area contributed by atoms with E-state index in [1.807, 2.05) is 25.5 Å². The number of Topliss-reactive ketones (excluding diaryl/α,β-unsaturated/α-hetero) is 1. The first-order valence-electron chi connectivity index (χ1n) is 6.92. The van der Waals surface area contributed by atoms with Crippen molar-refractivity contribution in [2.24, 2.45) is 7.05 Å². The maximum atomic E-state index is 11.4. The zero-order valence-electron chi connectivity index (χ0n) is 11.9. The Morgan fingerprint density at radius 3 is 2.85 bits per heavy atom. The predicted molar refractivity (Wildman–Crippen MR) is 79.8 cm³/mol. The van der Waals surface area contributed by atoms with Crippen molar-refractivity contribution >= 4 is 17.1 Å². The molecule has 106 valence electrons. The lowest BCUT2D eigenvalue weighted by Crippen LogP contribution is -2.26. The van der Waals surface area contributed by atoms with Crippen molar-refractivity contribution in [2.75, 3.05) is 0 Å². The van der Waals surface area contributed by atoms with Gasteiger partial charge in [-0.25, -0.2) is 4.98 Å². The van der Waals surface area contributed by atoms with Gasteiger partial charge in [0.05, 0.1) is 11.4 Å². The van der Waals surface area contributed by atoms with E-state index >= 15 is 0 Å². The monoisotopic (exact) mass is 289 g/mol. The largest absolute Gasteiger partial charge is 0.337 e. The molecule has 0 aliphatic heterocycles. The number of hydrogen-bond donors (Lipinski definition) is 0. The van der Waals surface area contributed by atoms with Gasteiger partial charge in [0.1, 0.15) is 5.82 Å². The molecule has 0 N–H and O–H groups in total. The average molecular weight is 289 g/mol. The highest BCUT2D eigenvalue weighted by Gasteiger charge is 2.29. The molecular weight excluding hydrogens is 270 g/mol. The minimum atomic E-state index is 0.156. The van der Waals surface area contributed by atoms with Crippen LogP contribution in [0.3, 0.4) is 0 Å². The van der Waals surface area contributed by atoms with Gasteiger partial charge in [-0.15, -0.1) is 11.3 Å². The summed E-state index contributed by atoms with van der Waals surface area (Å²) in [5, 5.41) is 2.10. The van der Waals surface area contributed by atoms with E-state index in [0.717, 1.165) is 23.8 Å². The molecule has 0 spiro atoms. The number of thiophene rings is 1. The zero-order chi connectivity index (χ0) is 14.1. The zero-order valence-corrected chi connectivity index (χ0v) is 12.7. The van der Waals surface area contributed by atoms with Crippen molar-refractivity contribution in [3.63, 3.8) is 0 Å². The molecule has 0 aromatic carbocycles. The van der Waals surface area contributed by atoms with Crippen LogP contribution in [0.4, 0.5) is 0 Å². The highest BCUT2D eigenvalue weighted by molar-refractivity contribution is 7.12. The van der Waals surface area contributed by atoms with E-state index in [4.69, 9.17) is 0 Å². The molecule has 1 aliphatic rings. The molecule has 0 atom stereocenters. The fourth-order valence-corrected chi connectivity index (χ4v) is 3.17. The van der Waals surface area contributed by atoms with Gasteiger partial charge in [0.25, 0.3) is 0 Å². The summed E-state index contributed by atoms with van der Waals surface area (Å²) >= 11 is 1.55. The van der Waals surface area contributed by atoms with Crippen LogP contribution in [0, 0.1) is 0 Å². The highest BCUT2D eigenvalue weighted by atomic mass is 32.1. The van der Waals surface area contributed by atoms with Crippen LogP contribution < -0.4 is 0 Å². The van der Waals surface area contributed by atoms with Crippen molar-refractivity contribution in [3.8, 4) is 0 Å². The number of ketones is 1. The summed E-state index contributed by atoms with van der Waals surface area (Å²) in [5.74, 6) is 1.25. The molecule has 20 heavy (non-hydrogen) atoms. The molecule has 2 aromatic rings. The van der Waals surface area contributed by atoms with E-state index in [2.05, 4.69) is 19.8 Å². The molecule has 0 saturated heterocycles. The van der Waals surface area contributed by atoms with E-state index in [9.17, 15) is 4.79 Å². The fourth-order valence-electron chi connectivity index (χ4n) is 2.36. The Morgan fingerprint density at radius 2 is 2.30 bits per heavy atom. The number of imidazole rings is 1. The molecule has 2 aromatic heterocycles. The van der Waals surface area contributed by atoms with Crippen molar-refractivity contribution in [2.45, 2.75) is 38.9 Å².